The van der Waals surface area contributed by atoms with Crippen molar-refractivity contribution in [3.05, 3.63) is 53.7 Å². The van der Waals surface area contributed by atoms with Crippen LogP contribution in [0, 0.1) is 5.82 Å². The molecule has 1 aromatic carbocycles. The second-order valence-electron chi connectivity index (χ2n) is 4.50. The lowest BCUT2D eigenvalue weighted by Gasteiger charge is -2.08. The van der Waals surface area contributed by atoms with E-state index in [-0.39, 0.29) is 11.4 Å². The van der Waals surface area contributed by atoms with E-state index in [1.807, 2.05) is 6.92 Å². The second-order valence-corrected chi connectivity index (χ2v) is 6.24. The Hall–Kier alpha value is -1.70. The monoisotopic (exact) mass is 312 g/mol. The molecule has 21 heavy (non-hydrogen) atoms. The van der Waals surface area contributed by atoms with Crippen LogP contribution in [0.2, 0.25) is 0 Å². The van der Waals surface area contributed by atoms with Gasteiger partial charge in [-0.15, -0.1) is 0 Å². The predicted octanol–water partition coefficient (Wildman–Crippen LogP) is 2.01. The van der Waals surface area contributed by atoms with Crippen molar-refractivity contribution in [2.24, 2.45) is 0 Å². The first-order chi connectivity index (χ1) is 10.0. The molecule has 0 saturated carbocycles. The molecule has 0 fully saturated rings. The Balaban J connectivity index is 2.12. The summed E-state index contributed by atoms with van der Waals surface area (Å²) in [6.07, 6.45) is 2.87. The van der Waals surface area contributed by atoms with Crippen LogP contribution in [0.1, 0.15) is 18.1 Å². The van der Waals surface area contributed by atoms with Crippen molar-refractivity contribution in [1.29, 1.82) is 0 Å². The maximum Gasteiger partial charge on any atom is 0.243 e. The predicted molar refractivity (Wildman–Crippen MR) is 76.5 cm³/mol. The number of furan rings is 1. The molecule has 2 N–H and O–H groups in total. The molecule has 5 nitrogen and oxygen atoms in total. The summed E-state index contributed by atoms with van der Waals surface area (Å²) in [5.74, 6) is -0.759. The Bertz CT molecular complexity index is 684. The van der Waals surface area contributed by atoms with Crippen LogP contribution in [0.4, 0.5) is 4.39 Å². The Morgan fingerprint density at radius 2 is 2.00 bits per heavy atom. The molecule has 114 valence electrons. The SMILES string of the molecule is CCNCc1ccc(S(=O)(=O)NCc2ccoc2)c(F)c1. The fourth-order valence-electron chi connectivity index (χ4n) is 1.79. The van der Waals surface area contributed by atoms with Gasteiger partial charge in [0.15, 0.2) is 0 Å². The zero-order valence-corrected chi connectivity index (χ0v) is 12.4. The minimum absolute atomic E-state index is 0.0530. The molecule has 0 saturated heterocycles. The number of halogens is 1. The summed E-state index contributed by atoms with van der Waals surface area (Å²) >= 11 is 0. The summed E-state index contributed by atoms with van der Waals surface area (Å²) in [7, 11) is -3.89. The van der Waals surface area contributed by atoms with Crippen LogP contribution in [0.25, 0.3) is 0 Å². The Morgan fingerprint density at radius 1 is 1.19 bits per heavy atom. The molecule has 0 atom stereocenters. The van der Waals surface area contributed by atoms with E-state index in [1.54, 1.807) is 12.1 Å². The van der Waals surface area contributed by atoms with E-state index >= 15 is 0 Å². The van der Waals surface area contributed by atoms with Crippen LogP contribution >= 0.6 is 0 Å². The van der Waals surface area contributed by atoms with Crippen molar-refractivity contribution in [3.63, 3.8) is 0 Å². The first kappa shape index (κ1) is 15.7. The van der Waals surface area contributed by atoms with Gasteiger partial charge in [0.25, 0.3) is 0 Å². The smallest absolute Gasteiger partial charge is 0.243 e. The molecule has 0 unspecified atom stereocenters. The molecule has 0 aliphatic rings. The van der Waals surface area contributed by atoms with Crippen LogP contribution in [-0.2, 0) is 23.1 Å². The molecule has 1 heterocycles. The van der Waals surface area contributed by atoms with Gasteiger partial charge in [0.05, 0.1) is 12.5 Å². The highest BCUT2D eigenvalue weighted by Crippen LogP contribution is 2.16. The lowest BCUT2D eigenvalue weighted by Crippen LogP contribution is -2.24. The standard InChI is InChI=1S/C14H17FN2O3S/c1-2-16-8-11-3-4-14(13(15)7-11)21(18,19)17-9-12-5-6-20-10-12/h3-7,10,16-17H,2,8-9H2,1H3. The number of benzene rings is 1. The molecule has 7 heteroatoms. The lowest BCUT2D eigenvalue weighted by atomic mass is 10.2. The van der Waals surface area contributed by atoms with Gasteiger partial charge in [-0.2, -0.15) is 0 Å². The van der Waals surface area contributed by atoms with Crippen molar-refractivity contribution in [1.82, 2.24) is 10.0 Å². The molecule has 0 radical (unpaired) electrons. The van der Waals surface area contributed by atoms with Gasteiger partial charge >= 0.3 is 0 Å². The van der Waals surface area contributed by atoms with Gasteiger partial charge in [-0.25, -0.2) is 17.5 Å². The number of nitrogens with one attached hydrogen (secondary N) is 2. The molecule has 0 amide bonds. The highest BCUT2D eigenvalue weighted by atomic mass is 32.2. The van der Waals surface area contributed by atoms with Gasteiger partial charge in [0, 0.05) is 18.7 Å². The van der Waals surface area contributed by atoms with Gasteiger partial charge < -0.3 is 9.73 Å². The zero-order valence-electron chi connectivity index (χ0n) is 11.6. The van der Waals surface area contributed by atoms with Crippen molar-refractivity contribution in [3.8, 4) is 0 Å². The van der Waals surface area contributed by atoms with Crippen LogP contribution in [-0.4, -0.2) is 15.0 Å². The van der Waals surface area contributed by atoms with Gasteiger partial charge in [0.1, 0.15) is 10.7 Å². The van der Waals surface area contributed by atoms with Gasteiger partial charge in [-0.05, 0) is 30.3 Å². The summed E-state index contributed by atoms with van der Waals surface area (Å²) in [5, 5.41) is 3.05. The zero-order chi connectivity index (χ0) is 15.3. The first-order valence-electron chi connectivity index (χ1n) is 6.53. The molecule has 2 aromatic rings. The number of hydrogen-bond acceptors (Lipinski definition) is 4. The average molecular weight is 312 g/mol. The maximum atomic E-state index is 14.0. The van der Waals surface area contributed by atoms with Crippen LogP contribution in [0.5, 0.6) is 0 Å². The molecule has 0 spiro atoms. The summed E-state index contributed by atoms with van der Waals surface area (Å²) < 4.78 is 45.3. The van der Waals surface area contributed by atoms with E-state index < -0.39 is 15.8 Å². The second kappa shape index (κ2) is 6.84. The van der Waals surface area contributed by atoms with Crippen molar-refractivity contribution in [2.75, 3.05) is 6.54 Å². The minimum Gasteiger partial charge on any atom is -0.472 e. The molecule has 0 bridgehead atoms. The summed E-state index contributed by atoms with van der Waals surface area (Å²) in [6.45, 7) is 3.25. The Kier molecular flexibility index (Phi) is 5.11. The summed E-state index contributed by atoms with van der Waals surface area (Å²) in [5.41, 5.74) is 1.37. The van der Waals surface area contributed by atoms with Gasteiger partial charge in [-0.1, -0.05) is 13.0 Å². The largest absolute Gasteiger partial charge is 0.472 e. The minimum atomic E-state index is -3.89. The van der Waals surface area contributed by atoms with E-state index in [2.05, 4.69) is 10.0 Å². The highest BCUT2D eigenvalue weighted by molar-refractivity contribution is 7.89. The average Bonchev–Trinajstić information content (AvgIpc) is 2.96. The Labute approximate surface area is 123 Å². The first-order valence-corrected chi connectivity index (χ1v) is 8.01. The number of rotatable bonds is 7. The fraction of sp³-hybridized carbons (Fsp3) is 0.286. The van der Waals surface area contributed by atoms with E-state index in [0.717, 1.165) is 6.54 Å². The third-order valence-electron chi connectivity index (χ3n) is 2.91. The van der Waals surface area contributed by atoms with Gasteiger partial charge in [-0.3, -0.25) is 0 Å². The van der Waals surface area contributed by atoms with Gasteiger partial charge in [0.2, 0.25) is 10.0 Å². The quantitative estimate of drug-likeness (QED) is 0.820. The van der Waals surface area contributed by atoms with Crippen LogP contribution in [0.3, 0.4) is 0 Å². The molecular weight excluding hydrogens is 295 g/mol. The number of sulfonamides is 1. The van der Waals surface area contributed by atoms with Crippen molar-refractivity contribution < 1.29 is 17.2 Å². The lowest BCUT2D eigenvalue weighted by molar-refractivity contribution is 0.552. The van der Waals surface area contributed by atoms with E-state index in [9.17, 15) is 12.8 Å². The molecule has 0 aliphatic heterocycles. The fourth-order valence-corrected chi connectivity index (χ4v) is 2.87. The van der Waals surface area contributed by atoms with E-state index in [0.29, 0.717) is 17.7 Å². The van der Waals surface area contributed by atoms with Crippen molar-refractivity contribution >= 4 is 10.0 Å². The topological polar surface area (TPSA) is 71.3 Å². The molecular formula is C14H17FN2O3S. The molecule has 1 aromatic heterocycles. The van der Waals surface area contributed by atoms with Crippen molar-refractivity contribution in [2.45, 2.75) is 24.9 Å². The van der Waals surface area contributed by atoms with E-state index in [1.165, 1.54) is 24.7 Å². The summed E-state index contributed by atoms with van der Waals surface area (Å²) in [4.78, 5) is -0.355. The van der Waals surface area contributed by atoms with E-state index in [4.69, 9.17) is 4.42 Å². The summed E-state index contributed by atoms with van der Waals surface area (Å²) in [6, 6.07) is 5.74. The highest BCUT2D eigenvalue weighted by Gasteiger charge is 2.19. The third kappa shape index (κ3) is 4.13. The normalized spacial score (nSPS) is 11.7. The third-order valence-corrected chi connectivity index (χ3v) is 4.35. The maximum absolute atomic E-state index is 14.0. The van der Waals surface area contributed by atoms with Crippen LogP contribution in [0.15, 0.2) is 46.1 Å². The molecule has 0 aliphatic carbocycles. The van der Waals surface area contributed by atoms with Crippen LogP contribution < -0.4 is 10.0 Å². The molecule has 2 rings (SSSR count). The number of hydrogen-bond donors (Lipinski definition) is 2. The Morgan fingerprint density at radius 3 is 2.62 bits per heavy atom.